The normalized spacial score (nSPS) is 20.4. The molecule has 3 heteroatoms. The van der Waals surface area contributed by atoms with Crippen molar-refractivity contribution in [1.29, 1.82) is 5.41 Å². The lowest BCUT2D eigenvalue weighted by Crippen LogP contribution is -2.37. The second-order valence-electron chi connectivity index (χ2n) is 8.69. The maximum Gasteiger partial charge on any atom is 0.122 e. The molecule has 0 radical (unpaired) electrons. The molecule has 3 nitrogen and oxygen atoms in total. The summed E-state index contributed by atoms with van der Waals surface area (Å²) in [5.74, 6) is 0.691. The standard InChI is InChI=1S/C26H31N3/c1-17(2)25-24-16-19(7-4-6-18(24)8-5-13-29(25)3)20-9-10-22-15-23(26(27)28)12-11-21(22)14-20/h6-7,9-12,14-17,25H,4-5,8,13H2,1-3H3,(H3,27,28). The first-order chi connectivity index (χ1) is 13.9. The van der Waals surface area contributed by atoms with E-state index in [1.807, 2.05) is 12.1 Å². The van der Waals surface area contributed by atoms with Crippen LogP contribution in [0.4, 0.5) is 0 Å². The number of rotatable bonds is 3. The second-order valence-corrected chi connectivity index (χ2v) is 8.69. The number of hydrogen-bond acceptors (Lipinski definition) is 2. The van der Waals surface area contributed by atoms with E-state index >= 15 is 0 Å². The molecule has 3 N–H and O–H groups in total. The molecular formula is C26H31N3. The Bertz CT molecular complexity index is 1040. The highest BCUT2D eigenvalue weighted by Gasteiger charge is 2.28. The lowest BCUT2D eigenvalue weighted by molar-refractivity contribution is 0.231. The van der Waals surface area contributed by atoms with Crippen LogP contribution in [0, 0.1) is 11.3 Å². The van der Waals surface area contributed by atoms with E-state index in [9.17, 15) is 0 Å². The minimum absolute atomic E-state index is 0.114. The van der Waals surface area contributed by atoms with Crippen molar-refractivity contribution in [3.63, 3.8) is 0 Å². The van der Waals surface area contributed by atoms with Crippen molar-refractivity contribution < 1.29 is 0 Å². The molecular weight excluding hydrogens is 354 g/mol. The Balaban J connectivity index is 1.76. The molecule has 0 aromatic heterocycles. The maximum absolute atomic E-state index is 7.66. The highest BCUT2D eigenvalue weighted by atomic mass is 15.1. The van der Waals surface area contributed by atoms with Gasteiger partial charge in [0.25, 0.3) is 0 Å². The number of likely N-dealkylation sites (tertiary alicyclic amines) is 1. The molecule has 1 aliphatic heterocycles. The van der Waals surface area contributed by atoms with Crippen LogP contribution >= 0.6 is 0 Å². The summed E-state index contributed by atoms with van der Waals surface area (Å²) in [6, 6.07) is 13.1. The van der Waals surface area contributed by atoms with Crippen LogP contribution in [0.1, 0.15) is 44.2 Å². The molecule has 0 spiro atoms. The van der Waals surface area contributed by atoms with Gasteiger partial charge in [0.1, 0.15) is 5.84 Å². The zero-order chi connectivity index (χ0) is 20.5. The van der Waals surface area contributed by atoms with Crippen LogP contribution in [0.15, 0.2) is 65.8 Å². The maximum atomic E-state index is 7.66. The Kier molecular flexibility index (Phi) is 5.42. The molecule has 1 aliphatic carbocycles. The largest absolute Gasteiger partial charge is 0.384 e. The number of benzene rings is 2. The third-order valence-corrected chi connectivity index (χ3v) is 6.25. The smallest absolute Gasteiger partial charge is 0.122 e. The van der Waals surface area contributed by atoms with Gasteiger partial charge in [-0.3, -0.25) is 10.3 Å². The molecule has 1 saturated heterocycles. The number of fused-ring (bicyclic) bond motifs is 2. The van der Waals surface area contributed by atoms with Crippen LogP contribution in [-0.2, 0) is 0 Å². The molecule has 2 aromatic rings. The van der Waals surface area contributed by atoms with Gasteiger partial charge in [0.05, 0.1) is 0 Å². The van der Waals surface area contributed by atoms with Gasteiger partial charge in [-0.25, -0.2) is 0 Å². The van der Waals surface area contributed by atoms with E-state index in [2.05, 4.69) is 68.3 Å². The van der Waals surface area contributed by atoms with Gasteiger partial charge < -0.3 is 5.73 Å². The lowest BCUT2D eigenvalue weighted by atomic mass is 9.87. The monoisotopic (exact) mass is 385 g/mol. The zero-order valence-corrected chi connectivity index (χ0v) is 17.7. The summed E-state index contributed by atoms with van der Waals surface area (Å²) in [7, 11) is 2.27. The molecule has 1 fully saturated rings. The predicted octanol–water partition coefficient (Wildman–Crippen LogP) is 5.51. The minimum atomic E-state index is 0.114. The van der Waals surface area contributed by atoms with Crippen molar-refractivity contribution in [1.82, 2.24) is 4.90 Å². The summed E-state index contributed by atoms with van der Waals surface area (Å²) in [6.45, 7) is 5.83. The van der Waals surface area contributed by atoms with E-state index in [0.29, 0.717) is 12.0 Å². The van der Waals surface area contributed by atoms with Gasteiger partial charge in [0.15, 0.2) is 0 Å². The minimum Gasteiger partial charge on any atom is -0.384 e. The summed E-state index contributed by atoms with van der Waals surface area (Å²) in [5, 5.41) is 9.97. The van der Waals surface area contributed by atoms with Crippen molar-refractivity contribution in [3.05, 3.63) is 76.9 Å². The molecule has 1 atom stereocenters. The fourth-order valence-corrected chi connectivity index (χ4v) is 4.84. The fourth-order valence-electron chi connectivity index (χ4n) is 4.84. The van der Waals surface area contributed by atoms with E-state index in [4.69, 9.17) is 11.1 Å². The first kappa shape index (κ1) is 19.7. The SMILES string of the molecule is CC(C)C1C2=CC(c3ccc4cc(C(=N)N)ccc4c3)=CCC=C2CCCN1C. The van der Waals surface area contributed by atoms with Crippen molar-refractivity contribution in [2.24, 2.45) is 11.7 Å². The van der Waals surface area contributed by atoms with Crippen molar-refractivity contribution in [2.45, 2.75) is 39.2 Å². The van der Waals surface area contributed by atoms with Crippen LogP contribution < -0.4 is 5.73 Å². The van der Waals surface area contributed by atoms with Gasteiger partial charge in [-0.15, -0.1) is 0 Å². The molecule has 0 amide bonds. The summed E-state index contributed by atoms with van der Waals surface area (Å²) in [5.41, 5.74) is 12.0. The number of likely N-dealkylation sites (N-methyl/N-ethyl adjacent to an activating group) is 1. The Labute approximate surface area is 174 Å². The van der Waals surface area contributed by atoms with Gasteiger partial charge in [0.2, 0.25) is 0 Å². The number of nitrogens with zero attached hydrogens (tertiary/aromatic N) is 1. The van der Waals surface area contributed by atoms with Gasteiger partial charge in [-0.2, -0.15) is 0 Å². The number of nitrogen functional groups attached to an aromatic ring is 1. The molecule has 4 rings (SSSR count). The lowest BCUT2D eigenvalue weighted by Gasteiger charge is -2.32. The summed E-state index contributed by atoms with van der Waals surface area (Å²) >= 11 is 0. The molecule has 1 unspecified atom stereocenters. The number of amidine groups is 1. The second kappa shape index (κ2) is 8.00. The Hall–Kier alpha value is -2.65. The van der Waals surface area contributed by atoms with Gasteiger partial charge in [-0.05, 0) is 90.0 Å². The summed E-state index contributed by atoms with van der Waals surface area (Å²) < 4.78 is 0. The molecule has 2 aliphatic rings. The number of nitrogens with one attached hydrogen (secondary N) is 1. The summed E-state index contributed by atoms with van der Waals surface area (Å²) in [4.78, 5) is 2.53. The fraction of sp³-hybridized carbons (Fsp3) is 0.346. The predicted molar refractivity (Wildman–Crippen MR) is 124 cm³/mol. The van der Waals surface area contributed by atoms with Crippen LogP contribution in [0.2, 0.25) is 0 Å². The topological polar surface area (TPSA) is 53.1 Å². The third-order valence-electron chi connectivity index (χ3n) is 6.25. The number of hydrogen-bond donors (Lipinski definition) is 2. The van der Waals surface area contributed by atoms with Crippen LogP contribution in [-0.4, -0.2) is 30.4 Å². The van der Waals surface area contributed by atoms with Crippen molar-refractivity contribution >= 4 is 22.2 Å². The molecule has 0 saturated carbocycles. The average molecular weight is 386 g/mol. The highest BCUT2D eigenvalue weighted by molar-refractivity contribution is 5.99. The van der Waals surface area contributed by atoms with E-state index in [0.717, 1.165) is 23.9 Å². The number of nitrogens with two attached hydrogens (primary N) is 1. The van der Waals surface area contributed by atoms with E-state index < -0.39 is 0 Å². The first-order valence-corrected chi connectivity index (χ1v) is 10.6. The quantitative estimate of drug-likeness (QED) is 0.540. The van der Waals surface area contributed by atoms with Gasteiger partial charge in [0, 0.05) is 11.6 Å². The Morgan fingerprint density at radius 3 is 2.62 bits per heavy atom. The molecule has 1 heterocycles. The summed E-state index contributed by atoms with van der Waals surface area (Å²) in [6.07, 6.45) is 10.6. The van der Waals surface area contributed by atoms with Crippen molar-refractivity contribution in [3.8, 4) is 0 Å². The van der Waals surface area contributed by atoms with E-state index in [1.54, 1.807) is 0 Å². The average Bonchev–Trinajstić information content (AvgIpc) is 2.98. The van der Waals surface area contributed by atoms with Crippen LogP contribution in [0.25, 0.3) is 16.3 Å². The first-order valence-electron chi connectivity index (χ1n) is 10.6. The molecule has 2 aromatic carbocycles. The van der Waals surface area contributed by atoms with Gasteiger partial charge in [-0.1, -0.05) is 50.3 Å². The highest BCUT2D eigenvalue weighted by Crippen LogP contribution is 2.36. The molecule has 29 heavy (non-hydrogen) atoms. The third kappa shape index (κ3) is 3.92. The van der Waals surface area contributed by atoms with Crippen LogP contribution in [0.3, 0.4) is 0 Å². The van der Waals surface area contributed by atoms with Crippen molar-refractivity contribution in [2.75, 3.05) is 13.6 Å². The molecule has 150 valence electrons. The van der Waals surface area contributed by atoms with E-state index in [1.165, 1.54) is 40.5 Å². The Morgan fingerprint density at radius 2 is 1.86 bits per heavy atom. The zero-order valence-electron chi connectivity index (χ0n) is 17.7. The molecule has 0 bridgehead atoms. The van der Waals surface area contributed by atoms with Crippen LogP contribution in [0.5, 0.6) is 0 Å². The Morgan fingerprint density at radius 1 is 1.10 bits per heavy atom. The van der Waals surface area contributed by atoms with Gasteiger partial charge >= 0.3 is 0 Å². The van der Waals surface area contributed by atoms with E-state index in [-0.39, 0.29) is 5.84 Å². The number of allylic oxidation sites excluding steroid dienone is 4.